The smallest absolute Gasteiger partial charge is 0.242 e. The summed E-state index contributed by atoms with van der Waals surface area (Å²) in [5, 5.41) is 13.5. The van der Waals surface area contributed by atoms with E-state index in [1.54, 1.807) is 13.0 Å². The van der Waals surface area contributed by atoms with Gasteiger partial charge in [0, 0.05) is 4.90 Å². The third-order valence-electron chi connectivity index (χ3n) is 4.42. The number of amides is 1. The average molecular weight is 419 g/mol. The van der Waals surface area contributed by atoms with Crippen molar-refractivity contribution >= 4 is 23.4 Å². The van der Waals surface area contributed by atoms with Crippen LogP contribution in [0.1, 0.15) is 16.6 Å². The monoisotopic (exact) mass is 419 g/mol. The number of anilines is 1. The molecule has 0 radical (unpaired) electrons. The van der Waals surface area contributed by atoms with Crippen molar-refractivity contribution in [3.8, 4) is 5.69 Å². The van der Waals surface area contributed by atoms with E-state index in [9.17, 15) is 9.18 Å². The Morgan fingerprint density at radius 3 is 2.40 bits per heavy atom. The highest BCUT2D eigenvalue weighted by molar-refractivity contribution is 8.00. The first-order valence-corrected chi connectivity index (χ1v) is 10.1. The van der Waals surface area contributed by atoms with Crippen LogP contribution in [0.3, 0.4) is 0 Å². The van der Waals surface area contributed by atoms with Crippen molar-refractivity contribution in [3.63, 3.8) is 0 Å². The third kappa shape index (κ3) is 4.38. The number of rotatable bonds is 6. The van der Waals surface area contributed by atoms with Crippen LogP contribution in [0.2, 0.25) is 0 Å². The second kappa shape index (κ2) is 8.87. The number of aromatic nitrogens is 4. The van der Waals surface area contributed by atoms with Crippen LogP contribution in [-0.4, -0.2) is 26.1 Å². The van der Waals surface area contributed by atoms with Crippen LogP contribution in [0, 0.1) is 12.7 Å². The fourth-order valence-electron chi connectivity index (χ4n) is 2.95. The predicted molar refractivity (Wildman–Crippen MR) is 114 cm³/mol. The number of thioether (sulfide) groups is 1. The minimum absolute atomic E-state index is 0.0713. The number of hydrogen-bond acceptors (Lipinski definition) is 5. The van der Waals surface area contributed by atoms with E-state index < -0.39 is 11.1 Å². The van der Waals surface area contributed by atoms with Crippen molar-refractivity contribution in [3.05, 3.63) is 96.1 Å². The minimum atomic E-state index is -0.550. The van der Waals surface area contributed by atoms with Crippen LogP contribution < -0.4 is 5.32 Å². The summed E-state index contributed by atoms with van der Waals surface area (Å²) in [6.45, 7) is 1.74. The van der Waals surface area contributed by atoms with E-state index in [0.29, 0.717) is 11.5 Å². The molecule has 0 aliphatic carbocycles. The summed E-state index contributed by atoms with van der Waals surface area (Å²) in [5.74, 6) is -0.297. The number of nitrogens with zero attached hydrogens (tertiary/aromatic N) is 4. The van der Waals surface area contributed by atoms with Gasteiger partial charge in [-0.05, 0) is 53.2 Å². The number of nitrogens with one attached hydrogen (secondary N) is 1. The third-order valence-corrected chi connectivity index (χ3v) is 5.68. The van der Waals surface area contributed by atoms with Gasteiger partial charge in [-0.1, -0.05) is 48.5 Å². The van der Waals surface area contributed by atoms with Crippen LogP contribution in [0.4, 0.5) is 10.1 Å². The maximum atomic E-state index is 14.5. The Kier molecular flexibility index (Phi) is 5.85. The Balaban J connectivity index is 1.63. The molecule has 6 nitrogen and oxygen atoms in total. The van der Waals surface area contributed by atoms with Gasteiger partial charge in [-0.2, -0.15) is 4.68 Å². The van der Waals surface area contributed by atoms with Gasteiger partial charge in [-0.15, -0.1) is 16.9 Å². The normalized spacial score (nSPS) is 11.8. The van der Waals surface area contributed by atoms with Gasteiger partial charge in [0.25, 0.3) is 0 Å². The van der Waals surface area contributed by atoms with Gasteiger partial charge in [0.15, 0.2) is 5.82 Å². The molecule has 0 spiro atoms. The fraction of sp³-hybridized carbons (Fsp3) is 0.0909. The molecule has 150 valence electrons. The van der Waals surface area contributed by atoms with E-state index in [1.165, 1.54) is 28.6 Å². The molecule has 1 unspecified atom stereocenters. The van der Waals surface area contributed by atoms with Crippen LogP contribution in [0.15, 0.2) is 83.8 Å². The minimum Gasteiger partial charge on any atom is -0.322 e. The summed E-state index contributed by atoms with van der Waals surface area (Å²) < 4.78 is 16.0. The molecule has 0 bridgehead atoms. The van der Waals surface area contributed by atoms with Crippen LogP contribution >= 0.6 is 11.8 Å². The molecule has 0 fully saturated rings. The Hall–Kier alpha value is -3.52. The highest BCUT2D eigenvalue weighted by Gasteiger charge is 2.23. The number of carbonyl (C=O) groups excluding carboxylic acids is 1. The molecule has 1 N–H and O–H groups in total. The number of hydrogen-bond donors (Lipinski definition) is 1. The van der Waals surface area contributed by atoms with Crippen molar-refractivity contribution in [2.45, 2.75) is 17.1 Å². The standard InChI is InChI=1S/C22H18FN5OS/c1-15-25-26-27-28(15)17-12-13-19(23)20(14-17)24-22(29)21(16-8-4-2-5-9-16)30-18-10-6-3-7-11-18/h2-14,21H,1H3,(H,24,29). The lowest BCUT2D eigenvalue weighted by Gasteiger charge is -2.18. The zero-order valence-electron chi connectivity index (χ0n) is 16.1. The second-order valence-corrected chi connectivity index (χ2v) is 7.69. The summed E-state index contributed by atoms with van der Waals surface area (Å²) in [7, 11) is 0. The Morgan fingerprint density at radius 1 is 1.03 bits per heavy atom. The summed E-state index contributed by atoms with van der Waals surface area (Å²) in [5.41, 5.74) is 1.46. The summed E-state index contributed by atoms with van der Waals surface area (Å²) >= 11 is 1.41. The molecular weight excluding hydrogens is 401 g/mol. The van der Waals surface area contributed by atoms with Crippen LogP contribution in [0.25, 0.3) is 5.69 Å². The van der Waals surface area contributed by atoms with Crippen molar-refractivity contribution in [1.82, 2.24) is 20.2 Å². The van der Waals surface area contributed by atoms with Crippen molar-refractivity contribution in [2.24, 2.45) is 0 Å². The van der Waals surface area contributed by atoms with E-state index in [4.69, 9.17) is 0 Å². The lowest BCUT2D eigenvalue weighted by Crippen LogP contribution is -2.20. The van der Waals surface area contributed by atoms with Gasteiger partial charge in [0.05, 0.1) is 11.4 Å². The molecule has 0 aliphatic rings. The Bertz CT molecular complexity index is 1150. The highest BCUT2D eigenvalue weighted by Crippen LogP contribution is 2.36. The van der Waals surface area contributed by atoms with E-state index >= 15 is 0 Å². The molecule has 0 saturated carbocycles. The zero-order chi connectivity index (χ0) is 20.9. The maximum absolute atomic E-state index is 14.5. The largest absolute Gasteiger partial charge is 0.322 e. The zero-order valence-corrected chi connectivity index (χ0v) is 16.9. The van der Waals surface area contributed by atoms with Gasteiger partial charge in [-0.25, -0.2) is 4.39 Å². The Labute approximate surface area is 177 Å². The Morgan fingerprint density at radius 2 is 1.73 bits per heavy atom. The van der Waals surface area contributed by atoms with Gasteiger partial charge >= 0.3 is 0 Å². The molecule has 8 heteroatoms. The highest BCUT2D eigenvalue weighted by atomic mass is 32.2. The molecule has 1 amide bonds. The van der Waals surface area contributed by atoms with Crippen molar-refractivity contribution in [2.75, 3.05) is 5.32 Å². The lowest BCUT2D eigenvalue weighted by atomic mass is 10.1. The molecule has 4 aromatic rings. The first-order chi connectivity index (χ1) is 14.6. The summed E-state index contributed by atoms with van der Waals surface area (Å²) in [6, 6.07) is 23.4. The van der Waals surface area contributed by atoms with E-state index in [2.05, 4.69) is 20.8 Å². The molecule has 0 aliphatic heterocycles. The first kappa shape index (κ1) is 19.8. The molecule has 1 aromatic heterocycles. The molecule has 1 atom stereocenters. The summed E-state index contributed by atoms with van der Waals surface area (Å²) in [6.07, 6.45) is 0. The number of aryl methyl sites for hydroxylation is 1. The van der Waals surface area contributed by atoms with Crippen molar-refractivity contribution in [1.29, 1.82) is 0 Å². The van der Waals surface area contributed by atoms with Gasteiger partial charge in [0.2, 0.25) is 5.91 Å². The summed E-state index contributed by atoms with van der Waals surface area (Å²) in [4.78, 5) is 14.1. The maximum Gasteiger partial charge on any atom is 0.242 e. The predicted octanol–water partition coefficient (Wildman–Crippen LogP) is 4.58. The van der Waals surface area contributed by atoms with Gasteiger partial charge in [0.1, 0.15) is 11.1 Å². The van der Waals surface area contributed by atoms with Gasteiger partial charge < -0.3 is 5.32 Å². The van der Waals surface area contributed by atoms with E-state index in [1.807, 2.05) is 60.7 Å². The van der Waals surface area contributed by atoms with Crippen LogP contribution in [0.5, 0.6) is 0 Å². The van der Waals surface area contributed by atoms with Gasteiger partial charge in [-0.3, -0.25) is 4.79 Å². The number of carbonyl (C=O) groups is 1. The molecule has 1 heterocycles. The molecule has 3 aromatic carbocycles. The van der Waals surface area contributed by atoms with E-state index in [0.717, 1.165) is 10.5 Å². The average Bonchev–Trinajstić information content (AvgIpc) is 3.20. The quantitative estimate of drug-likeness (QED) is 0.463. The molecule has 4 rings (SSSR count). The number of tetrazole rings is 1. The second-order valence-electron chi connectivity index (χ2n) is 6.51. The van der Waals surface area contributed by atoms with E-state index in [-0.39, 0.29) is 11.6 Å². The SMILES string of the molecule is Cc1nnnn1-c1ccc(F)c(NC(=O)C(Sc2ccccc2)c2ccccc2)c1. The molecule has 0 saturated heterocycles. The topological polar surface area (TPSA) is 72.7 Å². The van der Waals surface area contributed by atoms with Crippen molar-refractivity contribution < 1.29 is 9.18 Å². The molecular formula is C22H18FN5OS. The lowest BCUT2D eigenvalue weighted by molar-refractivity contribution is -0.115. The fourth-order valence-corrected chi connectivity index (χ4v) is 3.99. The number of halogens is 1. The molecule has 30 heavy (non-hydrogen) atoms. The van der Waals surface area contributed by atoms with Crippen LogP contribution in [-0.2, 0) is 4.79 Å². The number of benzene rings is 3. The first-order valence-electron chi connectivity index (χ1n) is 9.24.